The van der Waals surface area contributed by atoms with E-state index >= 15 is 0 Å². The Labute approximate surface area is 169 Å². The maximum Gasteiger partial charge on any atom is 0.266 e. The molecule has 140 valence electrons. The van der Waals surface area contributed by atoms with Crippen LogP contribution >= 0.6 is 24.0 Å². The molecule has 4 nitrogen and oxygen atoms in total. The van der Waals surface area contributed by atoms with Gasteiger partial charge in [-0.05, 0) is 37.6 Å². The summed E-state index contributed by atoms with van der Waals surface area (Å²) in [6.45, 7) is 6.34. The van der Waals surface area contributed by atoms with Crippen LogP contribution in [0.15, 0.2) is 53.4 Å². The molecule has 1 aliphatic rings. The van der Waals surface area contributed by atoms with E-state index in [2.05, 4.69) is 18.7 Å². The molecule has 2 aromatic rings. The zero-order valence-electron chi connectivity index (χ0n) is 15.4. The normalized spacial score (nSPS) is 15.6. The van der Waals surface area contributed by atoms with Gasteiger partial charge < -0.3 is 10.0 Å². The second kappa shape index (κ2) is 8.59. The molecule has 0 unspecified atom stereocenters. The van der Waals surface area contributed by atoms with Gasteiger partial charge in [0.2, 0.25) is 0 Å². The van der Waals surface area contributed by atoms with Crippen molar-refractivity contribution < 1.29 is 9.90 Å². The van der Waals surface area contributed by atoms with Crippen LogP contribution in [0.1, 0.15) is 25.0 Å². The fraction of sp³-hybridized carbons (Fsp3) is 0.238. The summed E-state index contributed by atoms with van der Waals surface area (Å²) in [6, 6.07) is 15.3. The standard InChI is InChI=1S/C21H22N2O2S2/c1-3-22(4-2)17-11-10-16(18(24)13-17)12-19-20(25)23(21(26)27-19)14-15-8-6-5-7-9-15/h5-13,24H,3-4,14H2,1-2H3/b19-12-. The maximum atomic E-state index is 12.8. The number of thiocarbonyl (C=S) groups is 1. The van der Waals surface area contributed by atoms with E-state index in [0.717, 1.165) is 24.3 Å². The smallest absolute Gasteiger partial charge is 0.266 e. The van der Waals surface area contributed by atoms with Crippen LogP contribution in [0.2, 0.25) is 0 Å². The monoisotopic (exact) mass is 398 g/mol. The van der Waals surface area contributed by atoms with Crippen molar-refractivity contribution in [3.05, 3.63) is 64.6 Å². The Hall–Kier alpha value is -2.31. The molecule has 0 spiro atoms. The van der Waals surface area contributed by atoms with Gasteiger partial charge in [-0.2, -0.15) is 0 Å². The van der Waals surface area contributed by atoms with Gasteiger partial charge in [0, 0.05) is 30.4 Å². The van der Waals surface area contributed by atoms with Gasteiger partial charge in [-0.1, -0.05) is 54.3 Å². The average molecular weight is 399 g/mol. The zero-order chi connectivity index (χ0) is 19.4. The Balaban J connectivity index is 1.81. The van der Waals surface area contributed by atoms with Crippen LogP contribution in [0, 0.1) is 0 Å². The minimum absolute atomic E-state index is 0.124. The van der Waals surface area contributed by atoms with E-state index in [4.69, 9.17) is 12.2 Å². The summed E-state index contributed by atoms with van der Waals surface area (Å²) in [6.07, 6.45) is 1.71. The topological polar surface area (TPSA) is 43.8 Å². The first-order valence-corrected chi connectivity index (χ1v) is 10.1. The van der Waals surface area contributed by atoms with Gasteiger partial charge in [0.25, 0.3) is 5.91 Å². The number of nitrogens with zero attached hydrogens (tertiary/aromatic N) is 2. The molecule has 0 atom stereocenters. The summed E-state index contributed by atoms with van der Waals surface area (Å²) in [5.74, 6) is 0.0359. The van der Waals surface area contributed by atoms with E-state index in [0.29, 0.717) is 21.3 Å². The van der Waals surface area contributed by atoms with E-state index in [1.165, 1.54) is 11.8 Å². The second-order valence-electron chi connectivity index (χ2n) is 6.17. The molecule has 1 saturated heterocycles. The average Bonchev–Trinajstić information content (AvgIpc) is 2.93. The molecular weight excluding hydrogens is 376 g/mol. The Morgan fingerprint density at radius 2 is 1.85 bits per heavy atom. The number of hydrogen-bond acceptors (Lipinski definition) is 5. The van der Waals surface area contributed by atoms with Gasteiger partial charge in [0.05, 0.1) is 11.4 Å². The Morgan fingerprint density at radius 1 is 1.15 bits per heavy atom. The molecular formula is C21H22N2O2S2. The zero-order valence-corrected chi connectivity index (χ0v) is 17.0. The molecule has 1 aliphatic heterocycles. The number of hydrogen-bond donors (Lipinski definition) is 1. The van der Waals surface area contributed by atoms with Crippen molar-refractivity contribution in [3.63, 3.8) is 0 Å². The Kier molecular flexibility index (Phi) is 6.19. The highest BCUT2D eigenvalue weighted by molar-refractivity contribution is 8.26. The van der Waals surface area contributed by atoms with E-state index < -0.39 is 0 Å². The molecule has 27 heavy (non-hydrogen) atoms. The minimum atomic E-state index is -0.124. The van der Waals surface area contributed by atoms with Crippen molar-refractivity contribution in [3.8, 4) is 5.75 Å². The van der Waals surface area contributed by atoms with Crippen LogP contribution in [0.3, 0.4) is 0 Å². The number of carbonyl (C=O) groups is 1. The summed E-state index contributed by atoms with van der Waals surface area (Å²) in [5, 5.41) is 10.4. The number of carbonyl (C=O) groups excluding carboxylic acids is 1. The lowest BCUT2D eigenvalue weighted by Gasteiger charge is -2.21. The number of anilines is 1. The SMILES string of the molecule is CCN(CC)c1ccc(/C=C2\SC(=S)N(Cc3ccccc3)C2=O)c(O)c1. The summed E-state index contributed by atoms with van der Waals surface area (Å²) < 4.78 is 0.536. The number of benzene rings is 2. The number of phenolic OH excluding ortho intramolecular Hbond substituents is 1. The first kappa shape index (κ1) is 19.5. The summed E-state index contributed by atoms with van der Waals surface area (Å²) >= 11 is 6.66. The fourth-order valence-corrected chi connectivity index (χ4v) is 4.23. The van der Waals surface area contributed by atoms with Gasteiger partial charge >= 0.3 is 0 Å². The molecule has 2 aromatic carbocycles. The lowest BCUT2D eigenvalue weighted by molar-refractivity contribution is -0.122. The molecule has 0 saturated carbocycles. The molecule has 0 aliphatic carbocycles. The predicted molar refractivity (Wildman–Crippen MR) is 117 cm³/mol. The third kappa shape index (κ3) is 4.34. The first-order valence-electron chi connectivity index (χ1n) is 8.90. The number of thioether (sulfide) groups is 1. The van der Waals surface area contributed by atoms with Crippen molar-refractivity contribution in [2.45, 2.75) is 20.4 Å². The highest BCUT2D eigenvalue weighted by Gasteiger charge is 2.32. The Bertz CT molecular complexity index is 877. The first-order chi connectivity index (χ1) is 13.0. The van der Waals surface area contributed by atoms with Crippen molar-refractivity contribution in [1.29, 1.82) is 0 Å². The molecule has 1 heterocycles. The van der Waals surface area contributed by atoms with Gasteiger partial charge in [0.15, 0.2) is 0 Å². The van der Waals surface area contributed by atoms with E-state index in [-0.39, 0.29) is 11.7 Å². The molecule has 1 N–H and O–H groups in total. The van der Waals surface area contributed by atoms with Gasteiger partial charge in [-0.15, -0.1) is 0 Å². The summed E-state index contributed by atoms with van der Waals surface area (Å²) in [4.78, 5) is 17.0. The quantitative estimate of drug-likeness (QED) is 0.567. The van der Waals surface area contributed by atoms with Crippen LogP contribution < -0.4 is 4.90 Å². The van der Waals surface area contributed by atoms with Gasteiger partial charge in [-0.25, -0.2) is 0 Å². The second-order valence-corrected chi connectivity index (χ2v) is 7.84. The van der Waals surface area contributed by atoms with Crippen molar-refractivity contribution in [1.82, 2.24) is 4.90 Å². The van der Waals surface area contributed by atoms with Crippen LogP contribution in [-0.4, -0.2) is 33.3 Å². The van der Waals surface area contributed by atoms with Crippen LogP contribution in [0.25, 0.3) is 6.08 Å². The number of amides is 1. The lowest BCUT2D eigenvalue weighted by Crippen LogP contribution is -2.27. The van der Waals surface area contributed by atoms with E-state index in [1.807, 2.05) is 42.5 Å². The lowest BCUT2D eigenvalue weighted by atomic mass is 10.1. The summed E-state index contributed by atoms with van der Waals surface area (Å²) in [7, 11) is 0. The molecule has 1 fully saturated rings. The van der Waals surface area contributed by atoms with Gasteiger partial charge in [0.1, 0.15) is 10.1 Å². The molecule has 1 amide bonds. The van der Waals surface area contributed by atoms with Crippen molar-refractivity contribution in [2.24, 2.45) is 0 Å². The van der Waals surface area contributed by atoms with Crippen LogP contribution in [0.4, 0.5) is 5.69 Å². The van der Waals surface area contributed by atoms with Gasteiger partial charge in [-0.3, -0.25) is 9.69 Å². The molecule has 0 radical (unpaired) electrons. The minimum Gasteiger partial charge on any atom is -0.507 e. The van der Waals surface area contributed by atoms with Crippen molar-refractivity contribution >= 4 is 46.0 Å². The number of rotatable bonds is 6. The number of aromatic hydroxyl groups is 1. The Morgan fingerprint density at radius 3 is 2.48 bits per heavy atom. The van der Waals surface area contributed by atoms with E-state index in [9.17, 15) is 9.90 Å². The molecule has 0 aromatic heterocycles. The van der Waals surface area contributed by atoms with Crippen LogP contribution in [-0.2, 0) is 11.3 Å². The fourth-order valence-electron chi connectivity index (χ4n) is 2.98. The maximum absolute atomic E-state index is 12.8. The third-order valence-electron chi connectivity index (χ3n) is 4.49. The molecule has 3 rings (SSSR count). The number of phenols is 1. The predicted octanol–water partition coefficient (Wildman–Crippen LogP) is 4.64. The highest BCUT2D eigenvalue weighted by atomic mass is 32.2. The largest absolute Gasteiger partial charge is 0.507 e. The molecule has 0 bridgehead atoms. The van der Waals surface area contributed by atoms with Crippen molar-refractivity contribution in [2.75, 3.05) is 18.0 Å². The highest BCUT2D eigenvalue weighted by Crippen LogP contribution is 2.35. The summed E-state index contributed by atoms with van der Waals surface area (Å²) in [5.41, 5.74) is 2.61. The van der Waals surface area contributed by atoms with Crippen LogP contribution in [0.5, 0.6) is 5.75 Å². The van der Waals surface area contributed by atoms with E-state index in [1.54, 1.807) is 17.0 Å². The molecule has 6 heteroatoms. The third-order valence-corrected chi connectivity index (χ3v) is 5.86.